The van der Waals surface area contributed by atoms with Crippen LogP contribution in [-0.4, -0.2) is 16.1 Å². The third-order valence-corrected chi connectivity index (χ3v) is 2.65. The predicted molar refractivity (Wildman–Crippen MR) is 42.3 cm³/mol. The SMILES string of the molecule is CC[C@@H]1CSC(=S)N1. The van der Waals surface area contributed by atoms with Crippen molar-refractivity contribution in [3.05, 3.63) is 0 Å². The van der Waals surface area contributed by atoms with Gasteiger partial charge in [0.1, 0.15) is 4.32 Å². The fraction of sp³-hybridized carbons (Fsp3) is 0.800. The van der Waals surface area contributed by atoms with Gasteiger partial charge in [-0.1, -0.05) is 30.9 Å². The minimum Gasteiger partial charge on any atom is -0.367 e. The minimum absolute atomic E-state index is 0.646. The molecule has 0 aromatic carbocycles. The average molecular weight is 147 g/mol. The van der Waals surface area contributed by atoms with Gasteiger partial charge in [0, 0.05) is 11.8 Å². The van der Waals surface area contributed by atoms with Gasteiger partial charge >= 0.3 is 0 Å². The molecule has 0 aromatic rings. The van der Waals surface area contributed by atoms with Crippen LogP contribution in [0.5, 0.6) is 0 Å². The van der Waals surface area contributed by atoms with Gasteiger partial charge < -0.3 is 5.32 Å². The van der Waals surface area contributed by atoms with E-state index in [1.807, 2.05) is 0 Å². The standard InChI is InChI=1S/C5H9NS2/c1-2-4-3-8-5(7)6-4/h4H,2-3H2,1H3,(H,6,7)/t4-/m1/s1. The summed E-state index contributed by atoms with van der Waals surface area (Å²) in [7, 11) is 0. The number of thiocarbonyl (C=S) groups is 1. The summed E-state index contributed by atoms with van der Waals surface area (Å²) >= 11 is 6.66. The Morgan fingerprint density at radius 3 is 3.00 bits per heavy atom. The molecule has 46 valence electrons. The van der Waals surface area contributed by atoms with Gasteiger partial charge in [0.15, 0.2) is 0 Å². The van der Waals surface area contributed by atoms with Crippen LogP contribution in [0.25, 0.3) is 0 Å². The van der Waals surface area contributed by atoms with Crippen LogP contribution in [0.3, 0.4) is 0 Å². The first-order valence-electron chi connectivity index (χ1n) is 2.76. The molecule has 0 radical (unpaired) electrons. The topological polar surface area (TPSA) is 12.0 Å². The Morgan fingerprint density at radius 2 is 2.75 bits per heavy atom. The second-order valence-electron chi connectivity index (χ2n) is 1.85. The van der Waals surface area contributed by atoms with E-state index >= 15 is 0 Å². The van der Waals surface area contributed by atoms with Crippen molar-refractivity contribution in [1.29, 1.82) is 0 Å². The lowest BCUT2D eigenvalue weighted by Crippen LogP contribution is -2.24. The zero-order valence-corrected chi connectivity index (χ0v) is 6.44. The van der Waals surface area contributed by atoms with E-state index in [1.54, 1.807) is 11.8 Å². The maximum absolute atomic E-state index is 4.91. The van der Waals surface area contributed by atoms with E-state index in [9.17, 15) is 0 Å². The minimum atomic E-state index is 0.646. The van der Waals surface area contributed by atoms with Crippen LogP contribution in [-0.2, 0) is 0 Å². The Labute approximate surface area is 59.2 Å². The first kappa shape index (κ1) is 6.36. The molecule has 1 aliphatic heterocycles. The molecule has 0 aliphatic carbocycles. The highest BCUT2D eigenvalue weighted by molar-refractivity contribution is 8.23. The molecule has 1 heterocycles. The molecule has 1 atom stereocenters. The molecule has 0 bridgehead atoms. The summed E-state index contributed by atoms with van der Waals surface area (Å²) in [5.41, 5.74) is 0. The van der Waals surface area contributed by atoms with Crippen molar-refractivity contribution < 1.29 is 0 Å². The molecule has 8 heavy (non-hydrogen) atoms. The summed E-state index contributed by atoms with van der Waals surface area (Å²) in [6.45, 7) is 2.17. The lowest BCUT2D eigenvalue weighted by atomic mass is 10.3. The first-order valence-corrected chi connectivity index (χ1v) is 4.15. The van der Waals surface area contributed by atoms with Crippen LogP contribution in [0.4, 0.5) is 0 Å². The average Bonchev–Trinajstić information content (AvgIpc) is 2.14. The molecule has 1 aliphatic rings. The Morgan fingerprint density at radius 1 is 2.00 bits per heavy atom. The first-order chi connectivity index (χ1) is 3.83. The number of nitrogens with one attached hydrogen (secondary N) is 1. The third kappa shape index (κ3) is 1.36. The highest BCUT2D eigenvalue weighted by Crippen LogP contribution is 2.14. The van der Waals surface area contributed by atoms with Gasteiger partial charge in [0.2, 0.25) is 0 Å². The summed E-state index contributed by atoms with van der Waals surface area (Å²) in [5, 5.41) is 3.20. The predicted octanol–water partition coefficient (Wildman–Crippen LogP) is 1.39. The summed E-state index contributed by atoms with van der Waals surface area (Å²) in [5.74, 6) is 1.16. The highest BCUT2D eigenvalue weighted by atomic mass is 32.2. The van der Waals surface area contributed by atoms with Crippen molar-refractivity contribution in [1.82, 2.24) is 5.32 Å². The van der Waals surface area contributed by atoms with Gasteiger partial charge in [-0.05, 0) is 6.42 Å². The second kappa shape index (κ2) is 2.69. The van der Waals surface area contributed by atoms with Crippen LogP contribution in [0.2, 0.25) is 0 Å². The van der Waals surface area contributed by atoms with E-state index in [0.717, 1.165) is 10.1 Å². The number of rotatable bonds is 1. The maximum Gasteiger partial charge on any atom is 0.134 e. The Balaban J connectivity index is 2.32. The van der Waals surface area contributed by atoms with Crippen molar-refractivity contribution in [3.8, 4) is 0 Å². The quantitative estimate of drug-likeness (QED) is 0.563. The molecule has 1 fully saturated rings. The van der Waals surface area contributed by atoms with Gasteiger partial charge in [-0.3, -0.25) is 0 Å². The van der Waals surface area contributed by atoms with Gasteiger partial charge in [0.05, 0.1) is 0 Å². The molecular weight excluding hydrogens is 138 g/mol. The molecule has 0 unspecified atom stereocenters. The van der Waals surface area contributed by atoms with E-state index in [1.165, 1.54) is 6.42 Å². The number of thioether (sulfide) groups is 1. The fourth-order valence-corrected chi connectivity index (χ4v) is 1.94. The van der Waals surface area contributed by atoms with Crippen molar-refractivity contribution >= 4 is 28.3 Å². The van der Waals surface area contributed by atoms with Crippen LogP contribution in [0, 0.1) is 0 Å². The Bertz CT molecular complexity index is 103. The summed E-state index contributed by atoms with van der Waals surface area (Å²) in [6.07, 6.45) is 1.19. The van der Waals surface area contributed by atoms with Crippen LogP contribution >= 0.6 is 24.0 Å². The van der Waals surface area contributed by atoms with Gasteiger partial charge in [0.25, 0.3) is 0 Å². The lowest BCUT2D eigenvalue weighted by molar-refractivity contribution is 0.672. The normalized spacial score (nSPS) is 28.1. The van der Waals surface area contributed by atoms with E-state index < -0.39 is 0 Å². The van der Waals surface area contributed by atoms with Crippen molar-refractivity contribution in [3.63, 3.8) is 0 Å². The van der Waals surface area contributed by atoms with E-state index in [-0.39, 0.29) is 0 Å². The largest absolute Gasteiger partial charge is 0.367 e. The molecule has 1 N–H and O–H groups in total. The fourth-order valence-electron chi connectivity index (χ4n) is 0.646. The smallest absolute Gasteiger partial charge is 0.134 e. The van der Waals surface area contributed by atoms with Gasteiger partial charge in [-0.15, -0.1) is 0 Å². The molecule has 1 saturated heterocycles. The molecule has 0 amide bonds. The zero-order chi connectivity index (χ0) is 5.98. The molecule has 0 saturated carbocycles. The van der Waals surface area contributed by atoms with E-state index in [2.05, 4.69) is 12.2 Å². The Kier molecular flexibility index (Phi) is 2.14. The summed E-state index contributed by atoms with van der Waals surface area (Å²) < 4.78 is 0.969. The van der Waals surface area contributed by atoms with Gasteiger partial charge in [-0.2, -0.15) is 0 Å². The lowest BCUT2D eigenvalue weighted by Gasteiger charge is -2.02. The highest BCUT2D eigenvalue weighted by Gasteiger charge is 2.15. The third-order valence-electron chi connectivity index (χ3n) is 1.23. The van der Waals surface area contributed by atoms with Crippen molar-refractivity contribution in [2.24, 2.45) is 0 Å². The Hall–Kier alpha value is 0.240. The number of hydrogen-bond donors (Lipinski definition) is 1. The van der Waals surface area contributed by atoms with Gasteiger partial charge in [-0.25, -0.2) is 0 Å². The molecule has 0 aromatic heterocycles. The molecule has 3 heteroatoms. The van der Waals surface area contributed by atoms with Crippen LogP contribution in [0.1, 0.15) is 13.3 Å². The molecule has 0 spiro atoms. The van der Waals surface area contributed by atoms with Crippen molar-refractivity contribution in [2.45, 2.75) is 19.4 Å². The van der Waals surface area contributed by atoms with E-state index in [4.69, 9.17) is 12.2 Å². The number of hydrogen-bond acceptors (Lipinski definition) is 2. The van der Waals surface area contributed by atoms with Crippen molar-refractivity contribution in [2.75, 3.05) is 5.75 Å². The molecule has 1 rings (SSSR count). The van der Waals surface area contributed by atoms with Crippen LogP contribution in [0.15, 0.2) is 0 Å². The van der Waals surface area contributed by atoms with Crippen LogP contribution < -0.4 is 5.32 Å². The second-order valence-corrected chi connectivity index (χ2v) is 3.54. The summed E-state index contributed by atoms with van der Waals surface area (Å²) in [6, 6.07) is 0.646. The van der Waals surface area contributed by atoms with E-state index in [0.29, 0.717) is 6.04 Å². The maximum atomic E-state index is 4.91. The molecule has 1 nitrogen and oxygen atoms in total. The monoisotopic (exact) mass is 147 g/mol. The zero-order valence-electron chi connectivity index (χ0n) is 4.81. The summed E-state index contributed by atoms with van der Waals surface area (Å²) in [4.78, 5) is 0. The molecular formula is C5H9NS2.